The smallest absolute Gasteiger partial charge is 0.251 e. The third-order valence-electron chi connectivity index (χ3n) is 2.27. The van der Waals surface area contributed by atoms with E-state index in [9.17, 15) is 4.79 Å². The number of carbonyl (C=O) groups is 1. The molecule has 0 aliphatic carbocycles. The number of carbonyl (C=O) groups excluding carboxylic acids is 1. The Morgan fingerprint density at radius 1 is 1.41 bits per heavy atom. The van der Waals surface area contributed by atoms with E-state index in [0.717, 1.165) is 0 Å². The highest BCUT2D eigenvalue weighted by Crippen LogP contribution is 2.19. The van der Waals surface area contributed by atoms with Gasteiger partial charge in [0.2, 0.25) is 0 Å². The molecular formula is C12H11ClN2O2. The number of hydrogen-bond acceptors (Lipinski definition) is 3. The average Bonchev–Trinajstić information content (AvgIpc) is 2.82. The molecule has 0 aliphatic rings. The predicted molar refractivity (Wildman–Crippen MR) is 65.7 cm³/mol. The SMILES string of the molecule is Nc1ccc(C(=O)NCc2ccco2)cc1Cl. The van der Waals surface area contributed by atoms with Crippen LogP contribution in [0.3, 0.4) is 0 Å². The average molecular weight is 251 g/mol. The molecule has 2 rings (SSSR count). The standard InChI is InChI=1S/C12H11ClN2O2/c13-10-6-8(3-4-11(10)14)12(16)15-7-9-2-1-5-17-9/h1-6H,7,14H2,(H,15,16). The molecular weight excluding hydrogens is 240 g/mol. The molecule has 0 radical (unpaired) electrons. The first-order valence-corrected chi connectivity index (χ1v) is 5.40. The molecule has 0 spiro atoms. The number of furan rings is 1. The van der Waals surface area contributed by atoms with Gasteiger partial charge >= 0.3 is 0 Å². The van der Waals surface area contributed by atoms with Gasteiger partial charge in [-0.15, -0.1) is 0 Å². The van der Waals surface area contributed by atoms with Gasteiger partial charge in [0.1, 0.15) is 5.76 Å². The summed E-state index contributed by atoms with van der Waals surface area (Å²) in [5.41, 5.74) is 6.48. The molecule has 1 heterocycles. The van der Waals surface area contributed by atoms with Gasteiger partial charge in [-0.25, -0.2) is 0 Å². The number of nitrogens with one attached hydrogen (secondary N) is 1. The van der Waals surface area contributed by atoms with E-state index in [1.165, 1.54) is 6.07 Å². The van der Waals surface area contributed by atoms with Crippen molar-refractivity contribution >= 4 is 23.2 Å². The lowest BCUT2D eigenvalue weighted by atomic mass is 10.2. The largest absolute Gasteiger partial charge is 0.467 e. The van der Waals surface area contributed by atoms with Gasteiger partial charge in [0.25, 0.3) is 5.91 Å². The molecule has 0 saturated carbocycles. The van der Waals surface area contributed by atoms with Gasteiger partial charge in [0.05, 0.1) is 23.5 Å². The molecule has 0 saturated heterocycles. The topological polar surface area (TPSA) is 68.3 Å². The third kappa shape index (κ3) is 2.79. The molecule has 0 fully saturated rings. The maximum Gasteiger partial charge on any atom is 0.251 e. The Bertz CT molecular complexity index is 523. The van der Waals surface area contributed by atoms with Crippen LogP contribution in [0.25, 0.3) is 0 Å². The quantitative estimate of drug-likeness (QED) is 0.822. The molecule has 2 aromatic rings. The normalized spacial score (nSPS) is 10.2. The summed E-state index contributed by atoms with van der Waals surface area (Å²) in [4.78, 5) is 11.8. The zero-order valence-electron chi connectivity index (χ0n) is 8.94. The summed E-state index contributed by atoms with van der Waals surface area (Å²) >= 11 is 5.83. The zero-order chi connectivity index (χ0) is 12.3. The minimum absolute atomic E-state index is 0.219. The molecule has 0 unspecified atom stereocenters. The van der Waals surface area contributed by atoms with E-state index in [1.54, 1.807) is 30.5 Å². The lowest BCUT2D eigenvalue weighted by Gasteiger charge is -2.04. The monoisotopic (exact) mass is 250 g/mol. The Morgan fingerprint density at radius 3 is 2.88 bits per heavy atom. The molecule has 4 nitrogen and oxygen atoms in total. The summed E-state index contributed by atoms with van der Waals surface area (Å²) in [7, 11) is 0. The Balaban J connectivity index is 2.02. The fourth-order valence-corrected chi connectivity index (χ4v) is 1.53. The highest BCUT2D eigenvalue weighted by molar-refractivity contribution is 6.33. The molecule has 0 bridgehead atoms. The Kier molecular flexibility index (Phi) is 3.35. The summed E-state index contributed by atoms with van der Waals surface area (Å²) in [6.45, 7) is 0.341. The lowest BCUT2D eigenvalue weighted by Crippen LogP contribution is -2.22. The number of rotatable bonds is 3. The molecule has 0 atom stereocenters. The van der Waals surface area contributed by atoms with Crippen LogP contribution in [0.5, 0.6) is 0 Å². The van der Waals surface area contributed by atoms with Gasteiger partial charge < -0.3 is 15.5 Å². The molecule has 5 heteroatoms. The molecule has 1 amide bonds. The number of hydrogen-bond donors (Lipinski definition) is 2. The molecule has 3 N–H and O–H groups in total. The van der Waals surface area contributed by atoms with Crippen LogP contribution in [0.15, 0.2) is 41.0 Å². The number of amides is 1. The van der Waals surface area contributed by atoms with Gasteiger partial charge in [-0.1, -0.05) is 11.6 Å². The van der Waals surface area contributed by atoms with Crippen LogP contribution >= 0.6 is 11.6 Å². The fraction of sp³-hybridized carbons (Fsp3) is 0.0833. The molecule has 1 aromatic heterocycles. The number of halogens is 1. The molecule has 1 aromatic carbocycles. The summed E-state index contributed by atoms with van der Waals surface area (Å²) in [6, 6.07) is 8.31. The first-order chi connectivity index (χ1) is 8.16. The summed E-state index contributed by atoms with van der Waals surface area (Å²) in [6.07, 6.45) is 1.56. The van der Waals surface area contributed by atoms with Crippen LogP contribution in [-0.2, 0) is 6.54 Å². The van der Waals surface area contributed by atoms with Crippen molar-refractivity contribution in [3.8, 4) is 0 Å². The van der Waals surface area contributed by atoms with Crippen molar-refractivity contribution in [1.82, 2.24) is 5.32 Å². The number of benzene rings is 1. The zero-order valence-corrected chi connectivity index (χ0v) is 9.70. The first-order valence-electron chi connectivity index (χ1n) is 5.02. The van der Waals surface area contributed by atoms with E-state index in [2.05, 4.69) is 5.32 Å². The van der Waals surface area contributed by atoms with Crippen molar-refractivity contribution in [2.45, 2.75) is 6.54 Å². The van der Waals surface area contributed by atoms with Gasteiger partial charge in [0.15, 0.2) is 0 Å². The Morgan fingerprint density at radius 2 is 2.24 bits per heavy atom. The first kappa shape index (κ1) is 11.5. The van der Waals surface area contributed by atoms with Gasteiger partial charge in [0, 0.05) is 5.56 Å². The second-order valence-corrected chi connectivity index (χ2v) is 3.91. The predicted octanol–water partition coefficient (Wildman–Crippen LogP) is 2.45. The van der Waals surface area contributed by atoms with Crippen molar-refractivity contribution < 1.29 is 9.21 Å². The number of anilines is 1. The van der Waals surface area contributed by atoms with Crippen molar-refractivity contribution in [3.63, 3.8) is 0 Å². The van der Waals surface area contributed by atoms with Gasteiger partial charge in [-0.3, -0.25) is 4.79 Å². The number of nitrogens with two attached hydrogens (primary N) is 1. The van der Waals surface area contributed by atoms with E-state index in [4.69, 9.17) is 21.8 Å². The second-order valence-electron chi connectivity index (χ2n) is 3.50. The minimum Gasteiger partial charge on any atom is -0.467 e. The van der Waals surface area contributed by atoms with Crippen molar-refractivity contribution in [3.05, 3.63) is 52.9 Å². The second kappa shape index (κ2) is 4.93. The van der Waals surface area contributed by atoms with E-state index < -0.39 is 0 Å². The van der Waals surface area contributed by atoms with Crippen LogP contribution in [0, 0.1) is 0 Å². The van der Waals surface area contributed by atoms with Gasteiger partial charge in [-0.2, -0.15) is 0 Å². The summed E-state index contributed by atoms with van der Waals surface area (Å²) in [5.74, 6) is 0.475. The van der Waals surface area contributed by atoms with Crippen LogP contribution in [0.1, 0.15) is 16.1 Å². The maximum atomic E-state index is 11.8. The minimum atomic E-state index is -0.219. The maximum absolute atomic E-state index is 11.8. The van der Waals surface area contributed by atoms with Gasteiger partial charge in [-0.05, 0) is 30.3 Å². The fourth-order valence-electron chi connectivity index (χ4n) is 1.35. The van der Waals surface area contributed by atoms with Crippen LogP contribution in [0.2, 0.25) is 5.02 Å². The van der Waals surface area contributed by atoms with Crippen LogP contribution in [0.4, 0.5) is 5.69 Å². The van der Waals surface area contributed by atoms with E-state index in [-0.39, 0.29) is 5.91 Å². The Labute approximate surface area is 103 Å². The van der Waals surface area contributed by atoms with Crippen LogP contribution < -0.4 is 11.1 Å². The van der Waals surface area contributed by atoms with E-state index in [1.807, 2.05) is 0 Å². The molecule has 88 valence electrons. The molecule has 17 heavy (non-hydrogen) atoms. The highest BCUT2D eigenvalue weighted by Gasteiger charge is 2.07. The van der Waals surface area contributed by atoms with E-state index in [0.29, 0.717) is 28.6 Å². The van der Waals surface area contributed by atoms with Crippen molar-refractivity contribution in [2.75, 3.05) is 5.73 Å². The molecule has 0 aliphatic heterocycles. The Hall–Kier alpha value is -1.94. The van der Waals surface area contributed by atoms with Crippen molar-refractivity contribution in [2.24, 2.45) is 0 Å². The summed E-state index contributed by atoms with van der Waals surface area (Å²) in [5, 5.41) is 3.09. The van der Waals surface area contributed by atoms with E-state index >= 15 is 0 Å². The lowest BCUT2D eigenvalue weighted by molar-refractivity contribution is 0.0948. The summed E-state index contributed by atoms with van der Waals surface area (Å²) < 4.78 is 5.10. The van der Waals surface area contributed by atoms with Crippen LogP contribution in [-0.4, -0.2) is 5.91 Å². The van der Waals surface area contributed by atoms with Crippen molar-refractivity contribution in [1.29, 1.82) is 0 Å². The highest BCUT2D eigenvalue weighted by atomic mass is 35.5. The number of nitrogen functional groups attached to an aromatic ring is 1. The third-order valence-corrected chi connectivity index (χ3v) is 2.59.